The molecule has 0 spiro atoms. The van der Waals surface area contributed by atoms with Crippen LogP contribution in [0.15, 0.2) is 60.1 Å². The van der Waals surface area contributed by atoms with Crippen molar-refractivity contribution < 1.29 is 8.78 Å². The van der Waals surface area contributed by atoms with Crippen LogP contribution in [0.2, 0.25) is 0 Å². The lowest BCUT2D eigenvalue weighted by atomic mass is 9.76. The van der Waals surface area contributed by atoms with Crippen LogP contribution in [0.5, 0.6) is 0 Å². The summed E-state index contributed by atoms with van der Waals surface area (Å²) >= 11 is 0. The summed E-state index contributed by atoms with van der Waals surface area (Å²) in [6.07, 6.45) is 14.3. The highest BCUT2D eigenvalue weighted by molar-refractivity contribution is 5.79. The van der Waals surface area contributed by atoms with Gasteiger partial charge >= 0.3 is 0 Å². The van der Waals surface area contributed by atoms with Gasteiger partial charge in [-0.1, -0.05) is 51.5 Å². The van der Waals surface area contributed by atoms with E-state index in [0.29, 0.717) is 11.5 Å². The van der Waals surface area contributed by atoms with Gasteiger partial charge in [0.05, 0.1) is 0 Å². The number of nitrogens with zero attached hydrogens (tertiary/aromatic N) is 1. The van der Waals surface area contributed by atoms with Crippen LogP contribution in [0.25, 0.3) is 5.57 Å². The molecule has 0 radical (unpaired) electrons. The Hall–Kier alpha value is -2.75. The molecule has 4 rings (SSSR count). The summed E-state index contributed by atoms with van der Waals surface area (Å²) in [5.74, 6) is 1.65. The quantitative estimate of drug-likeness (QED) is 0.418. The second-order valence-corrected chi connectivity index (χ2v) is 10.6. The highest BCUT2D eigenvalue weighted by atomic mass is 19.1. The summed E-state index contributed by atoms with van der Waals surface area (Å²) in [5.41, 5.74) is 5.36. The van der Waals surface area contributed by atoms with E-state index in [4.69, 9.17) is 4.98 Å². The molecule has 0 bridgehead atoms. The first kappa shape index (κ1) is 26.3. The van der Waals surface area contributed by atoms with E-state index < -0.39 is 0 Å². The van der Waals surface area contributed by atoms with Crippen LogP contribution in [0.3, 0.4) is 0 Å². The Morgan fingerprint density at radius 3 is 2.44 bits per heavy atom. The highest BCUT2D eigenvalue weighted by Crippen LogP contribution is 2.42. The summed E-state index contributed by atoms with van der Waals surface area (Å²) in [5, 5.41) is 3.21. The van der Waals surface area contributed by atoms with Gasteiger partial charge in [0.2, 0.25) is 0 Å². The van der Waals surface area contributed by atoms with Gasteiger partial charge in [-0.25, -0.2) is 13.8 Å². The summed E-state index contributed by atoms with van der Waals surface area (Å²) in [6, 6.07) is 7.04. The molecule has 2 aliphatic carbocycles. The molecular formula is C32H40F2N2. The molecule has 2 atom stereocenters. The normalized spacial score (nSPS) is 22.1. The minimum atomic E-state index is -0.224. The van der Waals surface area contributed by atoms with Crippen LogP contribution >= 0.6 is 0 Å². The van der Waals surface area contributed by atoms with Crippen molar-refractivity contribution in [2.24, 2.45) is 11.8 Å². The molecule has 0 aliphatic heterocycles. The number of aromatic nitrogens is 1. The monoisotopic (exact) mass is 490 g/mol. The maximum atomic E-state index is 16.1. The largest absolute Gasteiger partial charge is 0.373 e. The van der Waals surface area contributed by atoms with Gasteiger partial charge in [0.15, 0.2) is 0 Å². The molecular weight excluding hydrogens is 450 g/mol. The van der Waals surface area contributed by atoms with Crippen molar-refractivity contribution in [1.29, 1.82) is 0 Å². The van der Waals surface area contributed by atoms with Crippen LogP contribution in [-0.4, -0.2) is 12.0 Å². The molecule has 1 unspecified atom stereocenters. The predicted molar refractivity (Wildman–Crippen MR) is 147 cm³/mol. The second kappa shape index (κ2) is 11.5. The second-order valence-electron chi connectivity index (χ2n) is 10.6. The Bertz CT molecular complexity index is 1170. The maximum absolute atomic E-state index is 16.1. The number of aryl methyl sites for hydroxylation is 1. The smallest absolute Gasteiger partial charge is 0.134 e. The van der Waals surface area contributed by atoms with Crippen LogP contribution in [0.4, 0.5) is 14.6 Å². The number of hydrogen-bond acceptors (Lipinski definition) is 2. The van der Waals surface area contributed by atoms with E-state index in [1.807, 2.05) is 32.2 Å². The first-order chi connectivity index (χ1) is 17.3. The fraction of sp³-hybridized carbons (Fsp3) is 0.469. The summed E-state index contributed by atoms with van der Waals surface area (Å²) < 4.78 is 30.2. The van der Waals surface area contributed by atoms with E-state index in [1.54, 1.807) is 12.3 Å². The fourth-order valence-corrected chi connectivity index (χ4v) is 5.98. The number of nitrogens with one attached hydrogen (secondary N) is 1. The summed E-state index contributed by atoms with van der Waals surface area (Å²) in [4.78, 5) is 4.69. The zero-order chi connectivity index (χ0) is 25.8. The molecule has 36 heavy (non-hydrogen) atoms. The van der Waals surface area contributed by atoms with Gasteiger partial charge in [-0.05, 0) is 103 Å². The van der Waals surface area contributed by atoms with E-state index in [2.05, 4.69) is 38.2 Å². The highest BCUT2D eigenvalue weighted by Gasteiger charge is 2.28. The van der Waals surface area contributed by atoms with E-state index in [0.717, 1.165) is 58.8 Å². The van der Waals surface area contributed by atoms with Crippen molar-refractivity contribution in [1.82, 2.24) is 4.98 Å². The maximum Gasteiger partial charge on any atom is 0.134 e. The number of rotatable bonds is 7. The van der Waals surface area contributed by atoms with Gasteiger partial charge < -0.3 is 5.32 Å². The molecule has 1 fully saturated rings. The summed E-state index contributed by atoms with van der Waals surface area (Å²) in [6.45, 7) is 8.54. The van der Waals surface area contributed by atoms with Crippen molar-refractivity contribution in [3.05, 3.63) is 88.2 Å². The molecule has 4 heteroatoms. The molecule has 2 aliphatic rings. The molecule has 1 heterocycles. The van der Waals surface area contributed by atoms with E-state index >= 15 is 4.39 Å². The van der Waals surface area contributed by atoms with E-state index in [9.17, 15) is 4.39 Å². The van der Waals surface area contributed by atoms with Crippen molar-refractivity contribution in [3.63, 3.8) is 0 Å². The molecule has 192 valence electrons. The zero-order valence-electron chi connectivity index (χ0n) is 22.4. The van der Waals surface area contributed by atoms with Crippen molar-refractivity contribution >= 4 is 11.4 Å². The fourth-order valence-electron chi connectivity index (χ4n) is 5.98. The lowest BCUT2D eigenvalue weighted by Gasteiger charge is -2.29. The van der Waals surface area contributed by atoms with Crippen molar-refractivity contribution in [3.8, 4) is 0 Å². The van der Waals surface area contributed by atoms with Gasteiger partial charge in [0.1, 0.15) is 17.5 Å². The molecule has 1 aromatic carbocycles. The minimum Gasteiger partial charge on any atom is -0.373 e. The lowest BCUT2D eigenvalue weighted by Crippen LogP contribution is -2.16. The van der Waals surface area contributed by atoms with Crippen molar-refractivity contribution in [2.45, 2.75) is 78.1 Å². The number of benzene rings is 1. The molecule has 1 aromatic heterocycles. The lowest BCUT2D eigenvalue weighted by molar-refractivity contribution is 0.292. The Labute approximate surface area is 215 Å². The van der Waals surface area contributed by atoms with E-state index in [-0.39, 0.29) is 23.5 Å². The van der Waals surface area contributed by atoms with Gasteiger partial charge in [-0.3, -0.25) is 0 Å². The van der Waals surface area contributed by atoms with E-state index in [1.165, 1.54) is 25.3 Å². The zero-order valence-corrected chi connectivity index (χ0v) is 22.4. The third-order valence-corrected chi connectivity index (χ3v) is 8.55. The number of allylic oxidation sites excluding steroid dienone is 6. The molecule has 0 saturated heterocycles. The van der Waals surface area contributed by atoms with Crippen LogP contribution < -0.4 is 5.32 Å². The third kappa shape index (κ3) is 5.48. The molecule has 0 amide bonds. The van der Waals surface area contributed by atoms with Gasteiger partial charge in [-0.15, -0.1) is 0 Å². The first-order valence-electron chi connectivity index (χ1n) is 13.5. The molecule has 2 nitrogen and oxygen atoms in total. The van der Waals surface area contributed by atoms with Crippen molar-refractivity contribution in [2.75, 3.05) is 12.4 Å². The minimum absolute atomic E-state index is 0.0538. The number of halogens is 2. The number of anilines is 1. The van der Waals surface area contributed by atoms with Crippen LogP contribution in [0, 0.1) is 24.6 Å². The molecule has 2 aromatic rings. The average Bonchev–Trinajstić information content (AvgIpc) is 3.10. The predicted octanol–water partition coefficient (Wildman–Crippen LogP) is 9.26. The molecule has 1 N–H and O–H groups in total. The number of pyridine rings is 1. The Kier molecular flexibility index (Phi) is 8.43. The third-order valence-electron chi connectivity index (χ3n) is 8.55. The first-order valence-corrected chi connectivity index (χ1v) is 13.5. The average molecular weight is 491 g/mol. The van der Waals surface area contributed by atoms with Gasteiger partial charge in [0, 0.05) is 24.4 Å². The summed E-state index contributed by atoms with van der Waals surface area (Å²) in [7, 11) is 1.86. The SMILES string of the molecule is CCC1CCC(C2=CCC=CC(c3cnc(NC)c(C(C)[C@H](C)c4cc(F)ccc4C)c3)=C2F)CC1. The number of hydrogen-bond donors (Lipinski definition) is 1. The Morgan fingerprint density at radius 2 is 1.75 bits per heavy atom. The topological polar surface area (TPSA) is 24.9 Å². The standard InChI is InChI=1S/C32H40F2N2/c1-6-23-12-14-24(15-13-23)27-9-7-8-10-28(31(27)34)25-17-30(32(35-5)36-19-25)22(4)21(3)29-18-26(33)16-11-20(29)2/h8-11,16-19,21-24H,6-7,12-15H2,1-5H3,(H,35,36)/t21-,22?,23?,24?/m0/s1. The van der Waals surface area contributed by atoms with Gasteiger partial charge in [0.25, 0.3) is 0 Å². The van der Waals surface area contributed by atoms with Crippen LogP contribution in [-0.2, 0) is 0 Å². The van der Waals surface area contributed by atoms with Crippen LogP contribution in [0.1, 0.15) is 93.4 Å². The van der Waals surface area contributed by atoms with Gasteiger partial charge in [-0.2, -0.15) is 0 Å². The molecule has 1 saturated carbocycles. The Balaban J connectivity index is 1.69. The Morgan fingerprint density at radius 1 is 1.03 bits per heavy atom.